The molecule has 0 saturated carbocycles. The molecule has 1 saturated heterocycles. The number of carbonyl (C=O) groups excluding carboxylic acids is 2. The molecular weight excluding hydrogens is 248 g/mol. The second kappa shape index (κ2) is 5.83. The highest BCUT2D eigenvalue weighted by molar-refractivity contribution is 5.92. The van der Waals surface area contributed by atoms with Crippen molar-refractivity contribution in [1.82, 2.24) is 14.7 Å². The third-order valence-corrected chi connectivity index (χ3v) is 3.41. The van der Waals surface area contributed by atoms with Crippen molar-refractivity contribution in [3.63, 3.8) is 0 Å². The first kappa shape index (κ1) is 13.5. The molecule has 2 heterocycles. The molecule has 0 bridgehead atoms. The Kier molecular flexibility index (Phi) is 4.16. The summed E-state index contributed by atoms with van der Waals surface area (Å²) in [5.74, 6) is -1.35. The van der Waals surface area contributed by atoms with Gasteiger partial charge in [0.05, 0.1) is 45.2 Å². The predicted octanol–water partition coefficient (Wildman–Crippen LogP) is -3.01. The highest BCUT2D eigenvalue weighted by Gasteiger charge is 2.24. The fourth-order valence-electron chi connectivity index (χ4n) is 2.24. The number of amides is 1. The number of piperazine rings is 1. The summed E-state index contributed by atoms with van der Waals surface area (Å²) in [5, 5.41) is 14.4. The Morgan fingerprint density at radius 1 is 1.42 bits per heavy atom. The van der Waals surface area contributed by atoms with Crippen LogP contribution in [0.1, 0.15) is 17.4 Å². The lowest BCUT2D eigenvalue weighted by Crippen LogP contribution is -3.14. The molecule has 1 aromatic rings. The van der Waals surface area contributed by atoms with Gasteiger partial charge in [0.2, 0.25) is 0 Å². The van der Waals surface area contributed by atoms with Gasteiger partial charge >= 0.3 is 0 Å². The van der Waals surface area contributed by atoms with E-state index >= 15 is 0 Å². The molecule has 19 heavy (non-hydrogen) atoms. The van der Waals surface area contributed by atoms with E-state index in [9.17, 15) is 14.7 Å². The number of likely N-dealkylation sites (N-methyl/N-ethyl adjacent to an activating group) is 1. The number of hydrogen-bond acceptors (Lipinski definition) is 4. The van der Waals surface area contributed by atoms with E-state index in [0.29, 0.717) is 5.69 Å². The van der Waals surface area contributed by atoms with Crippen LogP contribution < -0.4 is 10.0 Å². The van der Waals surface area contributed by atoms with Crippen LogP contribution in [0, 0.1) is 0 Å². The first-order valence-corrected chi connectivity index (χ1v) is 6.46. The minimum atomic E-state index is -1.22. The zero-order chi connectivity index (χ0) is 13.8. The Hall–Kier alpha value is -1.89. The average Bonchev–Trinajstić information content (AvgIpc) is 2.85. The Morgan fingerprint density at radius 3 is 2.68 bits per heavy atom. The van der Waals surface area contributed by atoms with Crippen LogP contribution in [0.15, 0.2) is 12.3 Å². The Balaban J connectivity index is 1.96. The number of quaternary nitrogens is 1. The average molecular weight is 266 g/mol. The zero-order valence-corrected chi connectivity index (χ0v) is 11.0. The Morgan fingerprint density at radius 2 is 2.11 bits per heavy atom. The molecular formula is C12H18N4O3. The summed E-state index contributed by atoms with van der Waals surface area (Å²) >= 11 is 0. The molecule has 104 valence electrons. The van der Waals surface area contributed by atoms with Crippen molar-refractivity contribution in [2.45, 2.75) is 13.5 Å². The van der Waals surface area contributed by atoms with Crippen LogP contribution in [0.4, 0.5) is 0 Å². The smallest absolute Gasteiger partial charge is 0.274 e. The van der Waals surface area contributed by atoms with Crippen LogP contribution >= 0.6 is 0 Å². The maximum atomic E-state index is 12.2. The number of nitrogens with one attached hydrogen (secondary N) is 1. The SMILES string of the molecule is CC[NH+]1CCN(C(=O)c2ccn(CC(=O)[O-])n2)CC1. The van der Waals surface area contributed by atoms with Crippen molar-refractivity contribution in [2.24, 2.45) is 0 Å². The molecule has 0 aliphatic carbocycles. The number of aliphatic carboxylic acids is 1. The van der Waals surface area contributed by atoms with Gasteiger partial charge in [-0.25, -0.2) is 0 Å². The molecule has 1 aromatic heterocycles. The van der Waals surface area contributed by atoms with Gasteiger partial charge in [0.15, 0.2) is 0 Å². The van der Waals surface area contributed by atoms with Crippen molar-refractivity contribution in [3.8, 4) is 0 Å². The molecule has 1 aliphatic heterocycles. The lowest BCUT2D eigenvalue weighted by Gasteiger charge is -2.31. The normalized spacial score (nSPS) is 16.6. The third-order valence-electron chi connectivity index (χ3n) is 3.41. The van der Waals surface area contributed by atoms with E-state index in [-0.39, 0.29) is 12.5 Å². The summed E-state index contributed by atoms with van der Waals surface area (Å²) < 4.78 is 1.20. The second-order valence-corrected chi connectivity index (χ2v) is 4.67. The van der Waals surface area contributed by atoms with E-state index in [2.05, 4.69) is 12.0 Å². The van der Waals surface area contributed by atoms with E-state index in [1.165, 1.54) is 15.8 Å². The van der Waals surface area contributed by atoms with E-state index in [0.717, 1.165) is 32.7 Å². The minimum Gasteiger partial charge on any atom is -0.548 e. The van der Waals surface area contributed by atoms with Gasteiger partial charge in [-0.2, -0.15) is 5.10 Å². The van der Waals surface area contributed by atoms with Gasteiger partial charge in [0, 0.05) is 6.20 Å². The highest BCUT2D eigenvalue weighted by atomic mass is 16.4. The van der Waals surface area contributed by atoms with Gasteiger partial charge in [-0.1, -0.05) is 0 Å². The van der Waals surface area contributed by atoms with Crippen molar-refractivity contribution in [2.75, 3.05) is 32.7 Å². The molecule has 1 fully saturated rings. The Bertz CT molecular complexity index is 463. The van der Waals surface area contributed by atoms with E-state index in [1.807, 2.05) is 0 Å². The Labute approximate surface area is 111 Å². The van der Waals surface area contributed by atoms with Gasteiger partial charge in [-0.05, 0) is 13.0 Å². The van der Waals surface area contributed by atoms with Gasteiger partial charge in [-0.3, -0.25) is 9.48 Å². The van der Waals surface area contributed by atoms with Crippen LogP contribution in [0.25, 0.3) is 0 Å². The van der Waals surface area contributed by atoms with Crippen molar-refractivity contribution < 1.29 is 19.6 Å². The van der Waals surface area contributed by atoms with Crippen LogP contribution in [0.3, 0.4) is 0 Å². The van der Waals surface area contributed by atoms with Gasteiger partial charge in [0.25, 0.3) is 5.91 Å². The minimum absolute atomic E-state index is 0.132. The van der Waals surface area contributed by atoms with Gasteiger partial charge in [0.1, 0.15) is 5.69 Å². The molecule has 7 heteroatoms. The van der Waals surface area contributed by atoms with Crippen molar-refractivity contribution in [1.29, 1.82) is 0 Å². The summed E-state index contributed by atoms with van der Waals surface area (Å²) in [5.41, 5.74) is 0.293. The van der Waals surface area contributed by atoms with Crippen molar-refractivity contribution >= 4 is 11.9 Å². The van der Waals surface area contributed by atoms with Crippen LogP contribution in [-0.2, 0) is 11.3 Å². The number of hydrogen-bond donors (Lipinski definition) is 1. The maximum absolute atomic E-state index is 12.2. The summed E-state index contributed by atoms with van der Waals surface area (Å²) in [6.45, 7) is 6.20. The molecule has 1 amide bonds. The molecule has 0 unspecified atom stereocenters. The highest BCUT2D eigenvalue weighted by Crippen LogP contribution is 2.02. The van der Waals surface area contributed by atoms with Crippen LogP contribution in [0.5, 0.6) is 0 Å². The fraction of sp³-hybridized carbons (Fsp3) is 0.583. The number of carboxylic acid groups (broad SMARTS) is 1. The summed E-state index contributed by atoms with van der Waals surface area (Å²) in [6.07, 6.45) is 1.48. The summed E-state index contributed by atoms with van der Waals surface area (Å²) in [6, 6.07) is 1.55. The van der Waals surface area contributed by atoms with Gasteiger partial charge < -0.3 is 19.7 Å². The maximum Gasteiger partial charge on any atom is 0.274 e. The number of carbonyl (C=O) groups is 2. The molecule has 1 N–H and O–H groups in total. The first-order chi connectivity index (χ1) is 9.10. The summed E-state index contributed by atoms with van der Waals surface area (Å²) in [7, 11) is 0. The predicted molar refractivity (Wildman–Crippen MR) is 64.4 cm³/mol. The molecule has 2 rings (SSSR count). The van der Waals surface area contributed by atoms with Gasteiger partial charge in [-0.15, -0.1) is 0 Å². The first-order valence-electron chi connectivity index (χ1n) is 6.46. The van der Waals surface area contributed by atoms with E-state index in [1.54, 1.807) is 11.0 Å². The summed E-state index contributed by atoms with van der Waals surface area (Å²) in [4.78, 5) is 25.9. The van der Waals surface area contributed by atoms with Crippen LogP contribution in [0.2, 0.25) is 0 Å². The fourth-order valence-corrected chi connectivity index (χ4v) is 2.24. The molecule has 0 atom stereocenters. The molecule has 0 spiro atoms. The van der Waals surface area contributed by atoms with E-state index in [4.69, 9.17) is 0 Å². The largest absolute Gasteiger partial charge is 0.548 e. The number of aromatic nitrogens is 2. The molecule has 0 aromatic carbocycles. The monoisotopic (exact) mass is 266 g/mol. The standard InChI is InChI=1S/C12H18N4O3/c1-2-14-5-7-15(8-6-14)12(19)10-3-4-16(13-10)9-11(17)18/h3-4H,2,5-9H2,1H3,(H,17,18). The molecule has 0 radical (unpaired) electrons. The van der Waals surface area contributed by atoms with Crippen molar-refractivity contribution in [3.05, 3.63) is 18.0 Å². The topological polar surface area (TPSA) is 82.7 Å². The van der Waals surface area contributed by atoms with Crippen LogP contribution in [-0.4, -0.2) is 59.3 Å². The third kappa shape index (κ3) is 3.31. The molecule has 1 aliphatic rings. The lowest BCUT2D eigenvalue weighted by atomic mass is 10.3. The quantitative estimate of drug-likeness (QED) is 0.629. The molecule has 7 nitrogen and oxygen atoms in total. The second-order valence-electron chi connectivity index (χ2n) is 4.67. The number of rotatable bonds is 4. The van der Waals surface area contributed by atoms with E-state index < -0.39 is 5.97 Å². The number of carboxylic acids is 1. The zero-order valence-electron chi connectivity index (χ0n) is 11.0. The number of nitrogens with zero attached hydrogens (tertiary/aromatic N) is 3. The lowest BCUT2D eigenvalue weighted by molar-refractivity contribution is -0.902.